The highest BCUT2D eigenvalue weighted by molar-refractivity contribution is 5.99. The molecule has 2 N–H and O–H groups in total. The Morgan fingerprint density at radius 2 is 1.92 bits per heavy atom. The van der Waals surface area contributed by atoms with Crippen molar-refractivity contribution in [2.75, 3.05) is 20.3 Å². The SMILES string of the molecule is COc1cc(-n2c(C3CCOCC3)c(C3CCC(C)(C(=O)O)CC3)c3cc4[nH]ncc4cc32)ccc1F. The molecule has 2 aliphatic rings. The van der Waals surface area contributed by atoms with Crippen LogP contribution in [-0.4, -0.2) is 46.2 Å². The van der Waals surface area contributed by atoms with Crippen molar-refractivity contribution in [3.8, 4) is 11.4 Å². The van der Waals surface area contributed by atoms with Crippen LogP contribution in [0, 0.1) is 11.2 Å². The van der Waals surface area contributed by atoms with Gasteiger partial charge in [0.05, 0.1) is 29.8 Å². The van der Waals surface area contributed by atoms with Crippen molar-refractivity contribution in [1.82, 2.24) is 14.8 Å². The molecule has 2 fully saturated rings. The van der Waals surface area contributed by atoms with E-state index in [0.717, 1.165) is 53.2 Å². The van der Waals surface area contributed by atoms with E-state index in [1.165, 1.54) is 24.4 Å². The lowest BCUT2D eigenvalue weighted by atomic mass is 9.69. The summed E-state index contributed by atoms with van der Waals surface area (Å²) in [5.74, 6) is -0.394. The number of carboxylic acids is 1. The first-order valence-electron chi connectivity index (χ1n) is 13.1. The van der Waals surface area contributed by atoms with E-state index in [-0.39, 0.29) is 17.6 Å². The van der Waals surface area contributed by atoms with Gasteiger partial charge < -0.3 is 19.1 Å². The van der Waals surface area contributed by atoms with E-state index in [0.29, 0.717) is 26.1 Å². The second-order valence-corrected chi connectivity index (χ2v) is 10.8. The fraction of sp³-hybridized carbons (Fsp3) is 0.448. The molecule has 6 rings (SSSR count). The van der Waals surface area contributed by atoms with Crippen LogP contribution in [-0.2, 0) is 9.53 Å². The second kappa shape index (κ2) is 9.17. The third kappa shape index (κ3) is 3.98. The molecule has 8 heteroatoms. The van der Waals surface area contributed by atoms with Crippen LogP contribution in [0.15, 0.2) is 36.5 Å². The van der Waals surface area contributed by atoms with Gasteiger partial charge in [-0.25, -0.2) is 4.39 Å². The summed E-state index contributed by atoms with van der Waals surface area (Å²) in [6.07, 6.45) is 6.54. The molecule has 194 valence electrons. The molecular weight excluding hydrogens is 473 g/mol. The normalized spacial score (nSPS) is 23.1. The van der Waals surface area contributed by atoms with Gasteiger partial charge in [-0.2, -0.15) is 5.10 Å². The Balaban J connectivity index is 1.61. The van der Waals surface area contributed by atoms with Crippen LogP contribution in [0.5, 0.6) is 5.75 Å². The number of fused-ring (bicyclic) bond motifs is 2. The smallest absolute Gasteiger partial charge is 0.309 e. The molecule has 0 amide bonds. The predicted molar refractivity (Wildman–Crippen MR) is 139 cm³/mol. The minimum Gasteiger partial charge on any atom is -0.494 e. The Morgan fingerprint density at radius 3 is 2.62 bits per heavy atom. The van der Waals surface area contributed by atoms with E-state index < -0.39 is 17.2 Å². The van der Waals surface area contributed by atoms with Crippen LogP contribution in [0.2, 0.25) is 0 Å². The lowest BCUT2D eigenvalue weighted by molar-refractivity contribution is -0.149. The van der Waals surface area contributed by atoms with Crippen molar-refractivity contribution < 1.29 is 23.8 Å². The molecule has 2 aromatic carbocycles. The van der Waals surface area contributed by atoms with Crippen LogP contribution in [0.4, 0.5) is 4.39 Å². The Morgan fingerprint density at radius 1 is 1.16 bits per heavy atom. The Hall–Kier alpha value is -3.39. The quantitative estimate of drug-likeness (QED) is 0.332. The van der Waals surface area contributed by atoms with Crippen molar-refractivity contribution in [3.05, 3.63) is 53.6 Å². The maximum atomic E-state index is 14.4. The molecule has 1 aliphatic heterocycles. The molecule has 37 heavy (non-hydrogen) atoms. The largest absolute Gasteiger partial charge is 0.494 e. The average molecular weight is 506 g/mol. The maximum Gasteiger partial charge on any atom is 0.309 e. The summed E-state index contributed by atoms with van der Waals surface area (Å²) in [6, 6.07) is 9.37. The fourth-order valence-electron chi connectivity index (χ4n) is 6.39. The van der Waals surface area contributed by atoms with Crippen LogP contribution in [0.25, 0.3) is 27.5 Å². The number of methoxy groups -OCH3 is 1. The molecule has 0 atom stereocenters. The Labute approximate surface area is 214 Å². The van der Waals surface area contributed by atoms with E-state index in [1.807, 2.05) is 19.2 Å². The highest BCUT2D eigenvalue weighted by Gasteiger charge is 2.40. The maximum absolute atomic E-state index is 14.4. The van der Waals surface area contributed by atoms with E-state index in [2.05, 4.69) is 26.9 Å². The predicted octanol–water partition coefficient (Wildman–Crippen LogP) is 6.30. The number of carboxylic acid groups (broad SMARTS) is 1. The molecule has 3 heterocycles. The molecule has 1 aliphatic carbocycles. The zero-order chi connectivity index (χ0) is 25.7. The highest BCUT2D eigenvalue weighted by atomic mass is 19.1. The first-order valence-corrected chi connectivity index (χ1v) is 13.1. The summed E-state index contributed by atoms with van der Waals surface area (Å²) in [5.41, 5.74) is 4.70. The Kier molecular flexibility index (Phi) is 5.94. The third-order valence-corrected chi connectivity index (χ3v) is 8.62. The van der Waals surface area contributed by atoms with Gasteiger partial charge in [-0.1, -0.05) is 0 Å². The molecule has 7 nitrogen and oxygen atoms in total. The van der Waals surface area contributed by atoms with Gasteiger partial charge in [0.25, 0.3) is 0 Å². The molecule has 0 spiro atoms. The van der Waals surface area contributed by atoms with Crippen LogP contribution in [0.1, 0.15) is 68.5 Å². The number of benzene rings is 2. The van der Waals surface area contributed by atoms with Crippen LogP contribution >= 0.6 is 0 Å². The van der Waals surface area contributed by atoms with Gasteiger partial charge in [-0.05, 0) is 81.2 Å². The van der Waals surface area contributed by atoms with E-state index >= 15 is 0 Å². The zero-order valence-electron chi connectivity index (χ0n) is 21.2. The topological polar surface area (TPSA) is 89.4 Å². The number of aromatic nitrogens is 3. The summed E-state index contributed by atoms with van der Waals surface area (Å²) < 4.78 is 27.8. The van der Waals surface area contributed by atoms with Gasteiger partial charge in [0.2, 0.25) is 0 Å². The number of H-pyrrole nitrogens is 1. The highest BCUT2D eigenvalue weighted by Crippen LogP contribution is 2.50. The molecule has 0 bridgehead atoms. The number of nitrogens with one attached hydrogen (secondary N) is 1. The average Bonchev–Trinajstić information content (AvgIpc) is 3.50. The number of carbonyl (C=O) groups is 1. The van der Waals surface area contributed by atoms with Crippen molar-refractivity contribution in [2.45, 2.75) is 57.3 Å². The molecule has 1 saturated carbocycles. The number of nitrogens with zero attached hydrogens (tertiary/aromatic N) is 2. The zero-order valence-corrected chi connectivity index (χ0v) is 21.2. The van der Waals surface area contributed by atoms with Gasteiger partial charge in [0, 0.05) is 47.4 Å². The van der Waals surface area contributed by atoms with E-state index in [9.17, 15) is 14.3 Å². The number of aromatic amines is 1. The molecule has 0 radical (unpaired) electrons. The summed E-state index contributed by atoms with van der Waals surface area (Å²) in [4.78, 5) is 12.0. The van der Waals surface area contributed by atoms with Gasteiger partial charge in [-0.3, -0.25) is 9.89 Å². The number of rotatable bonds is 5. The van der Waals surface area contributed by atoms with Gasteiger partial charge in [0.15, 0.2) is 11.6 Å². The van der Waals surface area contributed by atoms with Crippen LogP contribution < -0.4 is 4.74 Å². The second-order valence-electron chi connectivity index (χ2n) is 10.8. The summed E-state index contributed by atoms with van der Waals surface area (Å²) >= 11 is 0. The number of hydrogen-bond acceptors (Lipinski definition) is 4. The third-order valence-electron chi connectivity index (χ3n) is 8.62. The summed E-state index contributed by atoms with van der Waals surface area (Å²) in [5, 5.41) is 19.4. The van der Waals surface area contributed by atoms with Gasteiger partial charge >= 0.3 is 5.97 Å². The molecule has 4 aromatic rings. The van der Waals surface area contributed by atoms with E-state index in [4.69, 9.17) is 9.47 Å². The number of halogens is 1. The van der Waals surface area contributed by atoms with Crippen molar-refractivity contribution >= 4 is 27.8 Å². The summed E-state index contributed by atoms with van der Waals surface area (Å²) in [6.45, 7) is 3.27. The summed E-state index contributed by atoms with van der Waals surface area (Å²) in [7, 11) is 1.48. The lowest BCUT2D eigenvalue weighted by Crippen LogP contribution is -2.32. The standard InChI is InChI=1S/C29H32FN3O4/c1-29(28(34)35)9-5-17(6-10-29)26-21-15-23-19(16-31-32-23)13-24(21)33(27(26)18-7-11-37-12-8-18)20-3-4-22(30)25(14-20)36-2/h3-4,13-18H,5-12H2,1-2H3,(H,31,32)(H,34,35). The first kappa shape index (κ1) is 24.0. The van der Waals surface area contributed by atoms with E-state index in [1.54, 1.807) is 6.07 Å². The minimum absolute atomic E-state index is 0.207. The molecule has 1 saturated heterocycles. The molecule has 0 unspecified atom stereocenters. The molecule has 2 aromatic heterocycles. The minimum atomic E-state index is -0.712. The molecular formula is C29H32FN3O4. The van der Waals surface area contributed by atoms with Gasteiger partial charge in [-0.15, -0.1) is 0 Å². The lowest BCUT2D eigenvalue weighted by Gasteiger charge is -2.35. The van der Waals surface area contributed by atoms with Crippen molar-refractivity contribution in [1.29, 1.82) is 0 Å². The van der Waals surface area contributed by atoms with Crippen LogP contribution in [0.3, 0.4) is 0 Å². The number of aliphatic carboxylic acids is 1. The monoisotopic (exact) mass is 505 g/mol. The fourth-order valence-corrected chi connectivity index (χ4v) is 6.39. The Bertz CT molecular complexity index is 1480. The first-order chi connectivity index (χ1) is 17.9. The number of ether oxygens (including phenoxy) is 2. The van der Waals surface area contributed by atoms with Crippen molar-refractivity contribution in [3.63, 3.8) is 0 Å². The van der Waals surface area contributed by atoms with Gasteiger partial charge in [0.1, 0.15) is 0 Å². The number of hydrogen-bond donors (Lipinski definition) is 2. The van der Waals surface area contributed by atoms with Crippen molar-refractivity contribution in [2.24, 2.45) is 5.41 Å².